The molecule has 5 nitrogen and oxygen atoms in total. The van der Waals surface area contributed by atoms with Gasteiger partial charge in [-0.1, -0.05) is 6.07 Å². The van der Waals surface area contributed by atoms with Crippen LogP contribution in [0.15, 0.2) is 18.3 Å². The summed E-state index contributed by atoms with van der Waals surface area (Å²) in [6, 6.07) is 3.30. The van der Waals surface area contributed by atoms with Crippen LogP contribution < -0.4 is 0 Å². The smallest absolute Gasteiger partial charge is 0.338 e. The summed E-state index contributed by atoms with van der Waals surface area (Å²) < 4.78 is 4.60. The van der Waals surface area contributed by atoms with Crippen LogP contribution in [0.5, 0.6) is 0 Å². The number of aliphatic hydroxyl groups is 2. The van der Waals surface area contributed by atoms with Crippen molar-refractivity contribution in [3.8, 4) is 0 Å². The van der Waals surface area contributed by atoms with Gasteiger partial charge in [-0.3, -0.25) is 4.98 Å². The van der Waals surface area contributed by atoms with Crippen LogP contribution in [0, 0.1) is 6.92 Å². The van der Waals surface area contributed by atoms with Gasteiger partial charge in [-0.25, -0.2) is 4.79 Å². The molecule has 88 valence electrons. The molecule has 5 heteroatoms. The predicted molar refractivity (Wildman–Crippen MR) is 56.6 cm³/mol. The van der Waals surface area contributed by atoms with E-state index in [2.05, 4.69) is 9.72 Å². The summed E-state index contributed by atoms with van der Waals surface area (Å²) in [5, 5.41) is 19.2. The molecule has 0 spiro atoms. The number of nitrogens with zero attached hydrogens (tertiary/aromatic N) is 1. The van der Waals surface area contributed by atoms with Crippen molar-refractivity contribution in [1.82, 2.24) is 4.98 Å². The monoisotopic (exact) mass is 225 g/mol. The number of carbonyl (C=O) groups excluding carboxylic acids is 1. The Bertz CT molecular complexity index is 350. The number of carbonyl (C=O) groups is 1. The normalized spacial score (nSPS) is 14.2. The van der Waals surface area contributed by atoms with Crippen molar-refractivity contribution in [3.63, 3.8) is 0 Å². The van der Waals surface area contributed by atoms with E-state index < -0.39 is 18.2 Å². The highest BCUT2D eigenvalue weighted by Gasteiger charge is 2.26. The second-order valence-electron chi connectivity index (χ2n) is 3.37. The first-order chi connectivity index (χ1) is 7.56. The van der Waals surface area contributed by atoms with E-state index in [-0.39, 0.29) is 6.61 Å². The molecule has 16 heavy (non-hydrogen) atoms. The lowest BCUT2D eigenvalue weighted by Gasteiger charge is -2.16. The van der Waals surface area contributed by atoms with E-state index in [0.29, 0.717) is 5.56 Å². The summed E-state index contributed by atoms with van der Waals surface area (Å²) in [5.74, 6) is -0.837. The highest BCUT2D eigenvalue weighted by Crippen LogP contribution is 2.17. The average Bonchev–Trinajstić information content (AvgIpc) is 2.28. The van der Waals surface area contributed by atoms with Crippen LogP contribution in [0.2, 0.25) is 0 Å². The zero-order valence-electron chi connectivity index (χ0n) is 9.25. The van der Waals surface area contributed by atoms with Crippen LogP contribution in [0.25, 0.3) is 0 Å². The summed E-state index contributed by atoms with van der Waals surface area (Å²) in [5.41, 5.74) is 1.17. The van der Waals surface area contributed by atoms with Crippen molar-refractivity contribution >= 4 is 5.97 Å². The summed E-state index contributed by atoms with van der Waals surface area (Å²) in [7, 11) is 0. The fourth-order valence-electron chi connectivity index (χ4n) is 1.19. The van der Waals surface area contributed by atoms with E-state index >= 15 is 0 Å². The van der Waals surface area contributed by atoms with Gasteiger partial charge in [0.25, 0.3) is 0 Å². The number of aryl methyl sites for hydroxylation is 1. The van der Waals surface area contributed by atoms with Crippen molar-refractivity contribution in [1.29, 1.82) is 0 Å². The summed E-state index contributed by atoms with van der Waals surface area (Å²) in [6.45, 7) is 3.59. The van der Waals surface area contributed by atoms with E-state index in [4.69, 9.17) is 0 Å². The Morgan fingerprint density at radius 2 is 2.19 bits per heavy atom. The number of hydrogen-bond donors (Lipinski definition) is 2. The first-order valence-corrected chi connectivity index (χ1v) is 5.01. The topological polar surface area (TPSA) is 79.7 Å². The van der Waals surface area contributed by atoms with E-state index in [9.17, 15) is 15.0 Å². The third-order valence-electron chi connectivity index (χ3n) is 2.10. The Hall–Kier alpha value is -1.46. The minimum absolute atomic E-state index is 0.161. The van der Waals surface area contributed by atoms with Crippen molar-refractivity contribution in [3.05, 3.63) is 29.6 Å². The van der Waals surface area contributed by atoms with Gasteiger partial charge in [-0.2, -0.15) is 0 Å². The second kappa shape index (κ2) is 5.58. The highest BCUT2D eigenvalue weighted by molar-refractivity contribution is 5.75. The largest absolute Gasteiger partial charge is 0.464 e. The quantitative estimate of drug-likeness (QED) is 0.723. The van der Waals surface area contributed by atoms with Crippen LogP contribution in [0.4, 0.5) is 0 Å². The lowest BCUT2D eigenvalue weighted by Crippen LogP contribution is -2.29. The van der Waals surface area contributed by atoms with Crippen molar-refractivity contribution in [2.24, 2.45) is 0 Å². The van der Waals surface area contributed by atoms with Crippen molar-refractivity contribution in [2.45, 2.75) is 26.1 Å². The summed E-state index contributed by atoms with van der Waals surface area (Å²) in [6.07, 6.45) is -1.47. The first kappa shape index (κ1) is 12.6. The average molecular weight is 225 g/mol. The van der Waals surface area contributed by atoms with Gasteiger partial charge >= 0.3 is 5.97 Å². The van der Waals surface area contributed by atoms with E-state index in [1.54, 1.807) is 26.0 Å². The molecule has 0 fully saturated rings. The molecular weight excluding hydrogens is 210 g/mol. The van der Waals surface area contributed by atoms with E-state index in [1.165, 1.54) is 6.20 Å². The maximum absolute atomic E-state index is 11.2. The van der Waals surface area contributed by atoms with E-state index in [1.807, 2.05) is 0 Å². The summed E-state index contributed by atoms with van der Waals surface area (Å²) >= 11 is 0. The maximum Gasteiger partial charge on any atom is 0.338 e. The molecular formula is C11H15NO4. The number of esters is 1. The minimum Gasteiger partial charge on any atom is -0.464 e. The molecule has 2 N–H and O–H groups in total. The molecule has 0 amide bonds. The van der Waals surface area contributed by atoms with Gasteiger partial charge in [0.2, 0.25) is 0 Å². The van der Waals surface area contributed by atoms with Gasteiger partial charge in [-0.15, -0.1) is 0 Å². The second-order valence-corrected chi connectivity index (χ2v) is 3.37. The van der Waals surface area contributed by atoms with Crippen LogP contribution >= 0.6 is 0 Å². The van der Waals surface area contributed by atoms with E-state index in [0.717, 1.165) is 5.69 Å². The molecule has 0 aliphatic heterocycles. The lowest BCUT2D eigenvalue weighted by molar-refractivity contribution is -0.159. The number of rotatable bonds is 4. The maximum atomic E-state index is 11.2. The number of aliphatic hydroxyl groups excluding tert-OH is 2. The van der Waals surface area contributed by atoms with Crippen LogP contribution in [-0.2, 0) is 9.53 Å². The molecule has 0 saturated heterocycles. The fraction of sp³-hybridized carbons (Fsp3) is 0.455. The minimum atomic E-state index is -1.58. The van der Waals surface area contributed by atoms with Crippen molar-refractivity contribution in [2.75, 3.05) is 6.61 Å². The molecule has 1 rings (SSSR count). The van der Waals surface area contributed by atoms with Gasteiger partial charge < -0.3 is 14.9 Å². The molecule has 0 saturated carbocycles. The van der Waals surface area contributed by atoms with Gasteiger partial charge in [0, 0.05) is 17.5 Å². The number of ether oxygens (including phenoxy) is 1. The zero-order chi connectivity index (χ0) is 12.1. The Morgan fingerprint density at radius 3 is 2.69 bits per heavy atom. The Balaban J connectivity index is 2.73. The number of pyridine rings is 1. The van der Waals surface area contributed by atoms with Gasteiger partial charge in [-0.05, 0) is 19.9 Å². The molecule has 2 atom stereocenters. The Morgan fingerprint density at radius 1 is 1.50 bits per heavy atom. The lowest BCUT2D eigenvalue weighted by atomic mass is 10.1. The summed E-state index contributed by atoms with van der Waals surface area (Å²) in [4.78, 5) is 15.1. The first-order valence-electron chi connectivity index (χ1n) is 5.01. The molecule has 0 radical (unpaired) electrons. The highest BCUT2D eigenvalue weighted by atomic mass is 16.5. The third-order valence-corrected chi connectivity index (χ3v) is 2.10. The number of aromatic nitrogens is 1. The Labute approximate surface area is 93.7 Å². The standard InChI is InChI=1S/C11H15NO4/c1-3-16-11(15)10(14)9(13)8-5-4-7(2)12-6-8/h4-6,9-10,13-14H,3H2,1-2H3. The SMILES string of the molecule is CCOC(=O)C(O)C(O)c1ccc(C)nc1. The molecule has 1 aromatic heterocycles. The fourth-order valence-corrected chi connectivity index (χ4v) is 1.19. The molecule has 0 aromatic carbocycles. The molecule has 1 heterocycles. The molecule has 2 unspecified atom stereocenters. The van der Waals surface area contributed by atoms with Crippen LogP contribution in [0.3, 0.4) is 0 Å². The number of hydrogen-bond acceptors (Lipinski definition) is 5. The zero-order valence-corrected chi connectivity index (χ0v) is 9.25. The Kier molecular flexibility index (Phi) is 4.39. The van der Waals surface area contributed by atoms with Gasteiger partial charge in [0.05, 0.1) is 6.61 Å². The molecule has 1 aromatic rings. The van der Waals surface area contributed by atoms with Gasteiger partial charge in [0.15, 0.2) is 6.10 Å². The molecule has 0 bridgehead atoms. The van der Waals surface area contributed by atoms with Crippen LogP contribution in [0.1, 0.15) is 24.3 Å². The van der Waals surface area contributed by atoms with Crippen LogP contribution in [-0.4, -0.2) is 33.9 Å². The van der Waals surface area contributed by atoms with Gasteiger partial charge in [0.1, 0.15) is 6.10 Å². The molecule has 0 aliphatic carbocycles. The predicted octanol–water partition coefficient (Wildman–Crippen LogP) is 0.347. The third kappa shape index (κ3) is 3.01. The van der Waals surface area contributed by atoms with Crippen molar-refractivity contribution < 1.29 is 19.7 Å². The molecule has 0 aliphatic rings.